The van der Waals surface area contributed by atoms with Gasteiger partial charge in [-0.25, -0.2) is 9.67 Å². The minimum atomic E-state index is -0.367. The highest BCUT2D eigenvalue weighted by atomic mass is 79.9. The summed E-state index contributed by atoms with van der Waals surface area (Å²) in [6, 6.07) is 12.5. The summed E-state index contributed by atoms with van der Waals surface area (Å²) in [5, 5.41) is 4.10. The average Bonchev–Trinajstić information content (AvgIpc) is 3.39. The van der Waals surface area contributed by atoms with Gasteiger partial charge in [0.05, 0.1) is 22.9 Å². The fourth-order valence-corrected chi connectivity index (χ4v) is 3.90. The zero-order valence-corrected chi connectivity index (χ0v) is 18.6. The average molecular weight is 482 g/mol. The van der Waals surface area contributed by atoms with E-state index in [-0.39, 0.29) is 36.7 Å². The lowest BCUT2D eigenvalue weighted by Gasteiger charge is -2.26. The molecule has 1 aromatic heterocycles. The lowest BCUT2D eigenvalue weighted by atomic mass is 10.1. The molecule has 0 fully saturated rings. The van der Waals surface area contributed by atoms with Gasteiger partial charge in [0, 0.05) is 24.5 Å². The van der Waals surface area contributed by atoms with Gasteiger partial charge in [0.15, 0.2) is 0 Å². The molecule has 158 valence electrons. The summed E-state index contributed by atoms with van der Waals surface area (Å²) in [6.07, 6.45) is 3.15. The molecule has 0 spiro atoms. The van der Waals surface area contributed by atoms with Crippen molar-refractivity contribution in [2.45, 2.75) is 19.4 Å². The number of aromatic nitrogens is 3. The Kier molecular flexibility index (Phi) is 5.69. The second-order valence-electron chi connectivity index (χ2n) is 7.31. The van der Waals surface area contributed by atoms with Crippen LogP contribution >= 0.6 is 15.9 Å². The van der Waals surface area contributed by atoms with Gasteiger partial charge < -0.3 is 4.90 Å². The van der Waals surface area contributed by atoms with Crippen molar-refractivity contribution in [3.8, 4) is 5.69 Å². The highest BCUT2D eigenvalue weighted by molar-refractivity contribution is 9.10. The fraction of sp³-hybridized carbons (Fsp3) is 0.227. The molecule has 0 saturated heterocycles. The van der Waals surface area contributed by atoms with Gasteiger partial charge in [-0.15, -0.1) is 0 Å². The molecule has 0 aliphatic carbocycles. The van der Waals surface area contributed by atoms with Crippen molar-refractivity contribution in [1.82, 2.24) is 24.6 Å². The Bertz CT molecular complexity index is 1140. The van der Waals surface area contributed by atoms with E-state index in [1.165, 1.54) is 6.33 Å². The van der Waals surface area contributed by atoms with Crippen molar-refractivity contribution in [2.24, 2.45) is 0 Å². The molecule has 0 radical (unpaired) electrons. The first kappa shape index (κ1) is 20.9. The standard InChI is InChI=1S/C22H20BrN5O3/c1-14(15-3-6-17(7-4-15)28-13-24-12-25-28)26(2)20(29)9-10-27-21(30)18-8-5-16(23)11-19(18)22(27)31/h3-8,11-14H,9-10H2,1-2H3. The Morgan fingerprint density at radius 3 is 2.48 bits per heavy atom. The highest BCUT2D eigenvalue weighted by Gasteiger charge is 2.35. The maximum Gasteiger partial charge on any atom is 0.261 e. The second-order valence-corrected chi connectivity index (χ2v) is 8.23. The molecular formula is C22H20BrN5O3. The normalized spacial score (nSPS) is 14.0. The van der Waals surface area contributed by atoms with E-state index >= 15 is 0 Å². The third-order valence-electron chi connectivity index (χ3n) is 5.52. The molecule has 1 unspecified atom stereocenters. The van der Waals surface area contributed by atoms with Gasteiger partial charge in [0.1, 0.15) is 12.7 Å². The Hall–Kier alpha value is -3.33. The lowest BCUT2D eigenvalue weighted by molar-refractivity contribution is -0.131. The van der Waals surface area contributed by atoms with Gasteiger partial charge in [-0.3, -0.25) is 19.3 Å². The molecule has 8 nitrogen and oxygen atoms in total. The van der Waals surface area contributed by atoms with E-state index in [2.05, 4.69) is 26.0 Å². The van der Waals surface area contributed by atoms with Crippen LogP contribution in [0, 0.1) is 0 Å². The molecular weight excluding hydrogens is 462 g/mol. The maximum atomic E-state index is 12.8. The molecule has 0 bridgehead atoms. The fourth-order valence-electron chi connectivity index (χ4n) is 3.54. The largest absolute Gasteiger partial charge is 0.339 e. The highest BCUT2D eigenvalue weighted by Crippen LogP contribution is 2.27. The van der Waals surface area contributed by atoms with Crippen LogP contribution in [0.1, 0.15) is 45.7 Å². The summed E-state index contributed by atoms with van der Waals surface area (Å²) in [4.78, 5) is 44.6. The Morgan fingerprint density at radius 2 is 1.81 bits per heavy atom. The third kappa shape index (κ3) is 4.00. The maximum absolute atomic E-state index is 12.8. The van der Waals surface area contributed by atoms with E-state index in [1.807, 2.05) is 31.2 Å². The summed E-state index contributed by atoms with van der Waals surface area (Å²) in [5.41, 5.74) is 2.57. The first-order valence-corrected chi connectivity index (χ1v) is 10.5. The van der Waals surface area contributed by atoms with Crippen LogP contribution in [0.2, 0.25) is 0 Å². The van der Waals surface area contributed by atoms with Crippen LogP contribution in [0.5, 0.6) is 0 Å². The van der Waals surface area contributed by atoms with Crippen LogP contribution < -0.4 is 0 Å². The van der Waals surface area contributed by atoms with Crippen LogP contribution in [0.15, 0.2) is 59.6 Å². The number of halogens is 1. The third-order valence-corrected chi connectivity index (χ3v) is 6.01. The Morgan fingerprint density at radius 1 is 1.10 bits per heavy atom. The first-order valence-electron chi connectivity index (χ1n) is 9.73. The monoisotopic (exact) mass is 481 g/mol. The second kappa shape index (κ2) is 8.43. The van der Waals surface area contributed by atoms with Crippen LogP contribution in [0.25, 0.3) is 5.69 Å². The number of fused-ring (bicyclic) bond motifs is 1. The van der Waals surface area contributed by atoms with Gasteiger partial charge in [-0.05, 0) is 42.8 Å². The molecule has 9 heteroatoms. The van der Waals surface area contributed by atoms with Gasteiger partial charge in [0.2, 0.25) is 5.91 Å². The van der Waals surface area contributed by atoms with E-state index < -0.39 is 0 Å². The van der Waals surface area contributed by atoms with Crippen LogP contribution in [-0.2, 0) is 4.79 Å². The summed E-state index contributed by atoms with van der Waals surface area (Å²) in [5.74, 6) is -0.876. The minimum Gasteiger partial charge on any atom is -0.339 e. The van der Waals surface area contributed by atoms with E-state index in [1.54, 1.807) is 41.2 Å². The van der Waals surface area contributed by atoms with E-state index in [0.29, 0.717) is 11.1 Å². The Labute approximate surface area is 187 Å². The van der Waals surface area contributed by atoms with Crippen LogP contribution in [0.4, 0.5) is 0 Å². The minimum absolute atomic E-state index is 0.0467. The molecule has 3 amide bonds. The van der Waals surface area contributed by atoms with Gasteiger partial charge in [0.25, 0.3) is 11.8 Å². The van der Waals surface area contributed by atoms with Gasteiger partial charge >= 0.3 is 0 Å². The zero-order valence-electron chi connectivity index (χ0n) is 17.0. The van der Waals surface area contributed by atoms with Crippen molar-refractivity contribution in [1.29, 1.82) is 0 Å². The SMILES string of the molecule is CC(c1ccc(-n2cncn2)cc1)N(C)C(=O)CCN1C(=O)c2ccc(Br)cc2C1=O. The number of nitrogens with zero attached hydrogens (tertiary/aromatic N) is 5. The number of hydrogen-bond donors (Lipinski definition) is 0. The summed E-state index contributed by atoms with van der Waals surface area (Å²) < 4.78 is 2.39. The molecule has 1 aliphatic rings. The zero-order chi connectivity index (χ0) is 22.1. The van der Waals surface area contributed by atoms with Crippen molar-refractivity contribution in [3.05, 3.63) is 76.3 Å². The molecule has 2 heterocycles. The predicted octanol–water partition coefficient (Wildman–Crippen LogP) is 3.24. The number of hydrogen-bond acceptors (Lipinski definition) is 5. The van der Waals surface area contributed by atoms with Crippen molar-refractivity contribution in [3.63, 3.8) is 0 Å². The number of benzene rings is 2. The first-order chi connectivity index (χ1) is 14.9. The van der Waals surface area contributed by atoms with Crippen molar-refractivity contribution < 1.29 is 14.4 Å². The molecule has 1 atom stereocenters. The van der Waals surface area contributed by atoms with Gasteiger partial charge in [-0.1, -0.05) is 28.1 Å². The molecule has 31 heavy (non-hydrogen) atoms. The molecule has 3 aromatic rings. The van der Waals surface area contributed by atoms with Crippen LogP contribution in [-0.4, -0.2) is 55.9 Å². The number of imide groups is 1. The number of rotatable bonds is 6. The van der Waals surface area contributed by atoms with E-state index in [9.17, 15) is 14.4 Å². The summed E-state index contributed by atoms with van der Waals surface area (Å²) >= 11 is 3.32. The summed E-state index contributed by atoms with van der Waals surface area (Å²) in [6.45, 7) is 1.98. The quantitative estimate of drug-likeness (QED) is 0.504. The molecule has 0 N–H and O–H groups in total. The molecule has 2 aromatic carbocycles. The van der Waals surface area contributed by atoms with Crippen LogP contribution in [0.3, 0.4) is 0 Å². The number of amides is 3. The number of carbonyl (C=O) groups is 3. The van der Waals surface area contributed by atoms with E-state index in [4.69, 9.17) is 0 Å². The van der Waals surface area contributed by atoms with Crippen molar-refractivity contribution in [2.75, 3.05) is 13.6 Å². The predicted molar refractivity (Wildman–Crippen MR) is 117 cm³/mol. The lowest BCUT2D eigenvalue weighted by Crippen LogP contribution is -2.36. The van der Waals surface area contributed by atoms with Gasteiger partial charge in [-0.2, -0.15) is 5.10 Å². The number of carbonyl (C=O) groups excluding carboxylic acids is 3. The van der Waals surface area contributed by atoms with E-state index in [0.717, 1.165) is 20.6 Å². The smallest absolute Gasteiger partial charge is 0.261 e. The Balaban J connectivity index is 1.38. The molecule has 4 rings (SSSR count). The molecule has 1 aliphatic heterocycles. The van der Waals surface area contributed by atoms with Crippen molar-refractivity contribution >= 4 is 33.7 Å². The topological polar surface area (TPSA) is 88.4 Å². The molecule has 0 saturated carbocycles. The summed E-state index contributed by atoms with van der Waals surface area (Å²) in [7, 11) is 1.72.